The van der Waals surface area contributed by atoms with Crippen LogP contribution in [-0.4, -0.2) is 39.9 Å². The largest absolute Gasteiger partial charge is 0.496 e. The second kappa shape index (κ2) is 10.3. The first-order valence-electron chi connectivity index (χ1n) is 9.62. The molecule has 0 radical (unpaired) electrons. The predicted octanol–water partition coefficient (Wildman–Crippen LogP) is 4.86. The van der Waals surface area contributed by atoms with Crippen molar-refractivity contribution in [1.82, 2.24) is 4.90 Å². The molecule has 0 spiro atoms. The van der Waals surface area contributed by atoms with E-state index in [1.807, 2.05) is 18.2 Å². The topological polar surface area (TPSA) is 66.9 Å². The summed E-state index contributed by atoms with van der Waals surface area (Å²) in [6.07, 6.45) is 0. The fourth-order valence-corrected chi connectivity index (χ4v) is 5.14. The van der Waals surface area contributed by atoms with Crippen molar-refractivity contribution in [2.45, 2.75) is 11.4 Å². The van der Waals surface area contributed by atoms with Gasteiger partial charge in [-0.25, -0.2) is 8.42 Å². The summed E-state index contributed by atoms with van der Waals surface area (Å²) in [7, 11) is -0.914. The van der Waals surface area contributed by atoms with Crippen LogP contribution in [0.25, 0.3) is 0 Å². The van der Waals surface area contributed by atoms with Gasteiger partial charge < -0.3 is 9.64 Å². The standard InChI is InChI=1S/C23H22Cl2N2O4S/c1-26(15-17-8-6-7-11-22(17)31-2)23(28)16-27(21-13-12-18(24)14-20(21)25)32(29,30)19-9-4-3-5-10-19/h3-14H,15-16H2,1-2H3. The number of halogens is 2. The average Bonchev–Trinajstić information content (AvgIpc) is 2.78. The minimum atomic E-state index is -4.07. The van der Waals surface area contributed by atoms with E-state index in [0.29, 0.717) is 10.8 Å². The first kappa shape index (κ1) is 23.9. The zero-order chi connectivity index (χ0) is 23.3. The maximum absolute atomic E-state index is 13.4. The predicted molar refractivity (Wildman–Crippen MR) is 127 cm³/mol. The Labute approximate surface area is 198 Å². The van der Waals surface area contributed by atoms with Crippen molar-refractivity contribution in [3.05, 3.63) is 88.4 Å². The number of carbonyl (C=O) groups excluding carboxylic acids is 1. The monoisotopic (exact) mass is 492 g/mol. The van der Waals surface area contributed by atoms with Crippen molar-refractivity contribution >= 4 is 44.8 Å². The molecule has 9 heteroatoms. The van der Waals surface area contributed by atoms with E-state index >= 15 is 0 Å². The molecular weight excluding hydrogens is 471 g/mol. The fraction of sp³-hybridized carbons (Fsp3) is 0.174. The Morgan fingerprint density at radius 1 is 0.969 bits per heavy atom. The summed E-state index contributed by atoms with van der Waals surface area (Å²) < 4.78 is 33.2. The smallest absolute Gasteiger partial charge is 0.264 e. The molecule has 0 atom stereocenters. The Kier molecular flexibility index (Phi) is 7.66. The lowest BCUT2D eigenvalue weighted by atomic mass is 10.2. The molecule has 0 N–H and O–H groups in total. The van der Waals surface area contributed by atoms with E-state index in [9.17, 15) is 13.2 Å². The van der Waals surface area contributed by atoms with Gasteiger partial charge in [0.05, 0.1) is 22.7 Å². The van der Waals surface area contributed by atoms with Crippen molar-refractivity contribution in [3.63, 3.8) is 0 Å². The van der Waals surface area contributed by atoms with Crippen molar-refractivity contribution in [1.29, 1.82) is 0 Å². The van der Waals surface area contributed by atoms with Gasteiger partial charge in [-0.05, 0) is 36.4 Å². The zero-order valence-electron chi connectivity index (χ0n) is 17.5. The van der Waals surface area contributed by atoms with E-state index in [1.165, 1.54) is 35.2 Å². The first-order chi connectivity index (χ1) is 15.2. The number of hydrogen-bond donors (Lipinski definition) is 0. The molecule has 3 aromatic carbocycles. The summed E-state index contributed by atoms with van der Waals surface area (Å²) >= 11 is 12.3. The van der Waals surface area contributed by atoms with Crippen LogP contribution in [0, 0.1) is 0 Å². The van der Waals surface area contributed by atoms with Crippen LogP contribution < -0.4 is 9.04 Å². The highest BCUT2D eigenvalue weighted by atomic mass is 35.5. The number of sulfonamides is 1. The highest BCUT2D eigenvalue weighted by Gasteiger charge is 2.30. The molecule has 32 heavy (non-hydrogen) atoms. The first-order valence-corrected chi connectivity index (χ1v) is 11.8. The van der Waals surface area contributed by atoms with Gasteiger partial charge in [-0.3, -0.25) is 9.10 Å². The second-order valence-electron chi connectivity index (χ2n) is 6.98. The van der Waals surface area contributed by atoms with Gasteiger partial charge >= 0.3 is 0 Å². The number of para-hydroxylation sites is 1. The Bertz CT molecular complexity index is 1200. The van der Waals surface area contributed by atoms with Gasteiger partial charge in [0.25, 0.3) is 10.0 Å². The fourth-order valence-electron chi connectivity index (χ4n) is 3.12. The summed E-state index contributed by atoms with van der Waals surface area (Å²) in [5, 5.41) is 0.479. The molecule has 1 amide bonds. The Hall–Kier alpha value is -2.74. The molecule has 0 bridgehead atoms. The Balaban J connectivity index is 1.94. The van der Waals surface area contributed by atoms with Crippen molar-refractivity contribution < 1.29 is 17.9 Å². The van der Waals surface area contributed by atoms with E-state index in [-0.39, 0.29) is 22.2 Å². The van der Waals surface area contributed by atoms with Crippen LogP contribution in [0.4, 0.5) is 5.69 Å². The molecule has 6 nitrogen and oxygen atoms in total. The summed E-state index contributed by atoms with van der Waals surface area (Å²) in [5.41, 5.74) is 0.965. The van der Waals surface area contributed by atoms with E-state index in [4.69, 9.17) is 27.9 Å². The summed E-state index contributed by atoms with van der Waals surface area (Å²) in [6, 6.07) is 19.7. The Morgan fingerprint density at radius 3 is 2.28 bits per heavy atom. The summed E-state index contributed by atoms with van der Waals surface area (Å²) in [6.45, 7) is -0.194. The van der Waals surface area contributed by atoms with Gasteiger partial charge in [-0.15, -0.1) is 0 Å². The van der Waals surface area contributed by atoms with Gasteiger partial charge in [0.15, 0.2) is 0 Å². The number of carbonyl (C=O) groups is 1. The number of likely N-dealkylation sites (N-methyl/N-ethyl adjacent to an activating group) is 1. The molecule has 0 aliphatic rings. The van der Waals surface area contributed by atoms with Gasteiger partial charge in [-0.2, -0.15) is 0 Å². The molecule has 0 aliphatic carbocycles. The number of hydrogen-bond acceptors (Lipinski definition) is 4. The number of ether oxygens (including phenoxy) is 1. The molecule has 168 valence electrons. The van der Waals surface area contributed by atoms with Crippen LogP contribution in [-0.2, 0) is 21.4 Å². The van der Waals surface area contributed by atoms with E-state index in [0.717, 1.165) is 9.87 Å². The van der Waals surface area contributed by atoms with Crippen molar-refractivity contribution in [2.24, 2.45) is 0 Å². The van der Waals surface area contributed by atoms with Crippen LogP contribution in [0.5, 0.6) is 5.75 Å². The number of anilines is 1. The number of benzene rings is 3. The van der Waals surface area contributed by atoms with Crippen LogP contribution >= 0.6 is 23.2 Å². The number of methoxy groups -OCH3 is 1. The average molecular weight is 493 g/mol. The molecule has 0 heterocycles. The third-order valence-electron chi connectivity index (χ3n) is 4.81. The normalized spacial score (nSPS) is 11.1. The van der Waals surface area contributed by atoms with Gasteiger partial charge in [0, 0.05) is 24.2 Å². The number of amides is 1. The molecule has 0 aromatic heterocycles. The van der Waals surface area contributed by atoms with Gasteiger partial charge in [0.1, 0.15) is 12.3 Å². The van der Waals surface area contributed by atoms with E-state index < -0.39 is 22.5 Å². The van der Waals surface area contributed by atoms with E-state index in [1.54, 1.807) is 38.4 Å². The summed E-state index contributed by atoms with van der Waals surface area (Å²) in [5.74, 6) is 0.225. The minimum Gasteiger partial charge on any atom is -0.496 e. The summed E-state index contributed by atoms with van der Waals surface area (Å²) in [4.78, 5) is 14.6. The minimum absolute atomic E-state index is 0.0474. The molecule has 0 saturated heterocycles. The molecule has 0 unspecified atom stereocenters. The zero-order valence-corrected chi connectivity index (χ0v) is 19.9. The van der Waals surface area contributed by atoms with Crippen LogP contribution in [0.3, 0.4) is 0 Å². The van der Waals surface area contributed by atoms with Crippen molar-refractivity contribution in [2.75, 3.05) is 25.0 Å². The lowest BCUT2D eigenvalue weighted by Crippen LogP contribution is -2.41. The highest BCUT2D eigenvalue weighted by Crippen LogP contribution is 2.32. The third kappa shape index (κ3) is 5.35. The second-order valence-corrected chi connectivity index (χ2v) is 9.69. The molecule has 0 aliphatic heterocycles. The number of nitrogens with zero attached hydrogens (tertiary/aromatic N) is 2. The SMILES string of the molecule is COc1ccccc1CN(C)C(=O)CN(c1ccc(Cl)cc1Cl)S(=O)(=O)c1ccccc1. The maximum Gasteiger partial charge on any atom is 0.264 e. The molecule has 3 aromatic rings. The quantitative estimate of drug-likeness (QED) is 0.450. The van der Waals surface area contributed by atoms with Gasteiger partial charge in [0.2, 0.25) is 5.91 Å². The van der Waals surface area contributed by atoms with E-state index in [2.05, 4.69) is 0 Å². The Morgan fingerprint density at radius 2 is 1.62 bits per heavy atom. The molecule has 0 saturated carbocycles. The van der Waals surface area contributed by atoms with Crippen LogP contribution in [0.15, 0.2) is 77.7 Å². The van der Waals surface area contributed by atoms with Crippen molar-refractivity contribution in [3.8, 4) is 5.75 Å². The third-order valence-corrected chi connectivity index (χ3v) is 7.13. The lowest BCUT2D eigenvalue weighted by molar-refractivity contribution is -0.128. The van der Waals surface area contributed by atoms with Crippen LogP contribution in [0.1, 0.15) is 5.56 Å². The van der Waals surface area contributed by atoms with Gasteiger partial charge in [-0.1, -0.05) is 59.6 Å². The highest BCUT2D eigenvalue weighted by molar-refractivity contribution is 7.92. The molecule has 0 fully saturated rings. The lowest BCUT2D eigenvalue weighted by Gasteiger charge is -2.27. The number of rotatable bonds is 8. The maximum atomic E-state index is 13.4. The molecular formula is C23H22Cl2N2O4S. The van der Waals surface area contributed by atoms with Crippen LogP contribution in [0.2, 0.25) is 10.0 Å². The molecule has 3 rings (SSSR count).